The molecule has 1 aliphatic carbocycles. The fourth-order valence-electron chi connectivity index (χ4n) is 2.63. The molecule has 0 heterocycles. The van der Waals surface area contributed by atoms with Gasteiger partial charge in [-0.25, -0.2) is 0 Å². The van der Waals surface area contributed by atoms with E-state index in [1.54, 1.807) is 0 Å². The standard InChI is InChI=1S/C14H21ClN2/c1-10-5-2-3-6-11(10)9-17-13-8-4-7-12(15)14(13)16/h4,7-8,10-11,17H,2-3,5-6,9,16H2,1H3. The maximum Gasteiger partial charge on any atom is 0.0739 e. The Morgan fingerprint density at radius 1 is 1.35 bits per heavy atom. The number of benzene rings is 1. The first-order chi connectivity index (χ1) is 8.18. The molecule has 2 atom stereocenters. The molecule has 0 radical (unpaired) electrons. The molecule has 2 rings (SSSR count). The predicted molar refractivity (Wildman–Crippen MR) is 75.5 cm³/mol. The molecule has 0 amide bonds. The molecule has 3 heteroatoms. The van der Waals surface area contributed by atoms with Gasteiger partial charge in [-0.15, -0.1) is 0 Å². The van der Waals surface area contributed by atoms with Crippen LogP contribution in [0.5, 0.6) is 0 Å². The Morgan fingerprint density at radius 2 is 2.12 bits per heavy atom. The molecular weight excluding hydrogens is 232 g/mol. The van der Waals surface area contributed by atoms with Crippen LogP contribution in [0.3, 0.4) is 0 Å². The van der Waals surface area contributed by atoms with E-state index < -0.39 is 0 Å². The minimum Gasteiger partial charge on any atom is -0.396 e. The third-order valence-electron chi connectivity index (χ3n) is 3.90. The van der Waals surface area contributed by atoms with E-state index in [1.165, 1.54) is 25.7 Å². The van der Waals surface area contributed by atoms with E-state index >= 15 is 0 Å². The van der Waals surface area contributed by atoms with Crippen LogP contribution in [0.25, 0.3) is 0 Å². The lowest BCUT2D eigenvalue weighted by atomic mass is 9.80. The van der Waals surface area contributed by atoms with Gasteiger partial charge < -0.3 is 11.1 Å². The van der Waals surface area contributed by atoms with E-state index in [1.807, 2.05) is 18.2 Å². The molecule has 1 fully saturated rings. The van der Waals surface area contributed by atoms with Gasteiger partial charge in [-0.05, 0) is 30.4 Å². The molecule has 0 spiro atoms. The van der Waals surface area contributed by atoms with Crippen LogP contribution < -0.4 is 11.1 Å². The van der Waals surface area contributed by atoms with Crippen molar-refractivity contribution in [3.05, 3.63) is 23.2 Å². The Hall–Kier alpha value is -0.890. The summed E-state index contributed by atoms with van der Waals surface area (Å²) in [4.78, 5) is 0. The van der Waals surface area contributed by atoms with Gasteiger partial charge in [0.05, 0.1) is 16.4 Å². The summed E-state index contributed by atoms with van der Waals surface area (Å²) < 4.78 is 0. The topological polar surface area (TPSA) is 38.0 Å². The molecule has 0 saturated heterocycles. The van der Waals surface area contributed by atoms with E-state index in [0.717, 1.165) is 24.1 Å². The normalized spacial score (nSPS) is 24.6. The fraction of sp³-hybridized carbons (Fsp3) is 0.571. The van der Waals surface area contributed by atoms with E-state index in [4.69, 9.17) is 17.3 Å². The molecule has 0 bridgehead atoms. The molecule has 2 unspecified atom stereocenters. The smallest absolute Gasteiger partial charge is 0.0739 e. The van der Waals surface area contributed by atoms with Crippen LogP contribution in [0.1, 0.15) is 32.6 Å². The average molecular weight is 253 g/mol. The molecule has 94 valence electrons. The van der Waals surface area contributed by atoms with E-state index in [0.29, 0.717) is 10.7 Å². The highest BCUT2D eigenvalue weighted by molar-refractivity contribution is 6.33. The minimum absolute atomic E-state index is 0.631. The summed E-state index contributed by atoms with van der Waals surface area (Å²) in [6, 6.07) is 5.76. The Morgan fingerprint density at radius 3 is 2.88 bits per heavy atom. The van der Waals surface area contributed by atoms with Crippen molar-refractivity contribution in [3.8, 4) is 0 Å². The first-order valence-corrected chi connectivity index (χ1v) is 6.84. The Balaban J connectivity index is 1.95. The maximum atomic E-state index is 6.00. The average Bonchev–Trinajstić information content (AvgIpc) is 2.33. The number of rotatable bonds is 3. The van der Waals surface area contributed by atoms with Crippen molar-refractivity contribution in [1.82, 2.24) is 0 Å². The number of hydrogen-bond donors (Lipinski definition) is 2. The summed E-state index contributed by atoms with van der Waals surface area (Å²) in [6.07, 6.45) is 5.44. The summed E-state index contributed by atoms with van der Waals surface area (Å²) in [5.41, 5.74) is 7.57. The van der Waals surface area contributed by atoms with Crippen LogP contribution in [0, 0.1) is 11.8 Å². The zero-order chi connectivity index (χ0) is 12.3. The van der Waals surface area contributed by atoms with Crippen LogP contribution in [-0.2, 0) is 0 Å². The molecule has 0 aromatic heterocycles. The van der Waals surface area contributed by atoms with Crippen LogP contribution in [0.2, 0.25) is 5.02 Å². The van der Waals surface area contributed by atoms with Gasteiger partial charge in [-0.2, -0.15) is 0 Å². The summed E-state index contributed by atoms with van der Waals surface area (Å²) in [5, 5.41) is 4.08. The van der Waals surface area contributed by atoms with Crippen molar-refractivity contribution in [2.45, 2.75) is 32.6 Å². The molecular formula is C14H21ClN2. The lowest BCUT2D eigenvalue weighted by molar-refractivity contribution is 0.268. The van der Waals surface area contributed by atoms with Gasteiger partial charge in [-0.1, -0.05) is 43.9 Å². The molecule has 1 aliphatic rings. The van der Waals surface area contributed by atoms with Gasteiger partial charge in [0.15, 0.2) is 0 Å². The lowest BCUT2D eigenvalue weighted by Crippen LogP contribution is -2.24. The summed E-state index contributed by atoms with van der Waals surface area (Å²) in [7, 11) is 0. The number of nitrogens with one attached hydrogen (secondary N) is 1. The van der Waals surface area contributed by atoms with Crippen molar-refractivity contribution in [3.63, 3.8) is 0 Å². The van der Waals surface area contributed by atoms with Gasteiger partial charge in [0.1, 0.15) is 0 Å². The Bertz CT molecular complexity index is 378. The largest absolute Gasteiger partial charge is 0.396 e. The predicted octanol–water partition coefficient (Wildman–Crippen LogP) is 4.16. The van der Waals surface area contributed by atoms with Crippen molar-refractivity contribution in [1.29, 1.82) is 0 Å². The number of halogens is 1. The summed E-state index contributed by atoms with van der Waals surface area (Å²) in [5.74, 6) is 1.58. The van der Waals surface area contributed by atoms with Crippen LogP contribution in [-0.4, -0.2) is 6.54 Å². The van der Waals surface area contributed by atoms with Crippen molar-refractivity contribution < 1.29 is 0 Å². The number of nitrogen functional groups attached to an aromatic ring is 1. The monoisotopic (exact) mass is 252 g/mol. The molecule has 1 aromatic carbocycles. The molecule has 0 aliphatic heterocycles. The van der Waals surface area contributed by atoms with Gasteiger partial charge in [0.2, 0.25) is 0 Å². The molecule has 17 heavy (non-hydrogen) atoms. The van der Waals surface area contributed by atoms with Gasteiger partial charge in [0, 0.05) is 6.54 Å². The van der Waals surface area contributed by atoms with E-state index in [9.17, 15) is 0 Å². The van der Waals surface area contributed by atoms with E-state index in [-0.39, 0.29) is 0 Å². The second kappa shape index (κ2) is 5.63. The number of anilines is 2. The van der Waals surface area contributed by atoms with Crippen molar-refractivity contribution in [2.24, 2.45) is 11.8 Å². The van der Waals surface area contributed by atoms with E-state index in [2.05, 4.69) is 12.2 Å². The zero-order valence-electron chi connectivity index (χ0n) is 10.4. The number of hydrogen-bond acceptors (Lipinski definition) is 2. The molecule has 2 nitrogen and oxygen atoms in total. The second-order valence-electron chi connectivity index (χ2n) is 5.10. The zero-order valence-corrected chi connectivity index (χ0v) is 11.1. The summed E-state index contributed by atoms with van der Waals surface area (Å²) in [6.45, 7) is 3.36. The third kappa shape index (κ3) is 3.06. The minimum atomic E-state index is 0.631. The fourth-order valence-corrected chi connectivity index (χ4v) is 2.80. The first-order valence-electron chi connectivity index (χ1n) is 6.46. The summed E-state index contributed by atoms with van der Waals surface area (Å²) >= 11 is 6.00. The highest BCUT2D eigenvalue weighted by Gasteiger charge is 2.21. The Labute approximate surface area is 109 Å². The van der Waals surface area contributed by atoms with Crippen molar-refractivity contribution in [2.75, 3.05) is 17.6 Å². The Kier molecular flexibility index (Phi) is 4.16. The van der Waals surface area contributed by atoms with Crippen LogP contribution >= 0.6 is 11.6 Å². The quantitative estimate of drug-likeness (QED) is 0.793. The SMILES string of the molecule is CC1CCCCC1CNc1cccc(Cl)c1N. The van der Waals surface area contributed by atoms with Crippen LogP contribution in [0.15, 0.2) is 18.2 Å². The highest BCUT2D eigenvalue weighted by Crippen LogP contribution is 2.31. The maximum absolute atomic E-state index is 6.00. The molecule has 1 saturated carbocycles. The molecule has 1 aromatic rings. The van der Waals surface area contributed by atoms with Gasteiger partial charge >= 0.3 is 0 Å². The van der Waals surface area contributed by atoms with Crippen LogP contribution in [0.4, 0.5) is 11.4 Å². The third-order valence-corrected chi connectivity index (χ3v) is 4.23. The second-order valence-corrected chi connectivity index (χ2v) is 5.51. The number of para-hydroxylation sites is 1. The van der Waals surface area contributed by atoms with Gasteiger partial charge in [0.25, 0.3) is 0 Å². The van der Waals surface area contributed by atoms with Gasteiger partial charge in [-0.3, -0.25) is 0 Å². The molecule has 3 N–H and O–H groups in total. The lowest BCUT2D eigenvalue weighted by Gasteiger charge is -2.29. The number of nitrogens with two attached hydrogens (primary N) is 1. The van der Waals surface area contributed by atoms with Crippen molar-refractivity contribution >= 4 is 23.0 Å². The first kappa shape index (κ1) is 12.6. The highest BCUT2D eigenvalue weighted by atomic mass is 35.5.